The molecule has 1 aliphatic heterocycles. The lowest BCUT2D eigenvalue weighted by Gasteiger charge is -2.28. The van der Waals surface area contributed by atoms with Crippen LogP contribution in [-0.2, 0) is 4.74 Å². The molecule has 1 N–H and O–H groups in total. The van der Waals surface area contributed by atoms with Crippen LogP contribution < -0.4 is 5.32 Å². The Hall–Kier alpha value is -1.33. The van der Waals surface area contributed by atoms with E-state index in [1.165, 1.54) is 5.01 Å². The molecule has 0 atom stereocenters. The Labute approximate surface area is 102 Å². The van der Waals surface area contributed by atoms with E-state index in [1.54, 1.807) is 0 Å². The van der Waals surface area contributed by atoms with Crippen LogP contribution in [0.3, 0.4) is 0 Å². The van der Waals surface area contributed by atoms with Gasteiger partial charge >= 0.3 is 6.09 Å². The van der Waals surface area contributed by atoms with Gasteiger partial charge in [-0.25, -0.2) is 4.79 Å². The maximum absolute atomic E-state index is 11.4. The summed E-state index contributed by atoms with van der Waals surface area (Å²) < 4.78 is 5.14. The highest BCUT2D eigenvalue weighted by molar-refractivity contribution is 5.67. The average Bonchev–Trinajstić information content (AvgIpc) is 2.25. The van der Waals surface area contributed by atoms with Gasteiger partial charge in [-0.2, -0.15) is 0 Å². The van der Waals surface area contributed by atoms with Crippen molar-refractivity contribution in [1.82, 2.24) is 10.3 Å². The number of nitrogens with zero attached hydrogens (tertiary/aromatic N) is 2. The maximum Gasteiger partial charge on any atom is 0.407 e. The first-order valence-corrected chi connectivity index (χ1v) is 5.96. The Bertz CT molecular complexity index is 268. The molecule has 1 fully saturated rings. The van der Waals surface area contributed by atoms with E-state index < -0.39 is 5.60 Å². The van der Waals surface area contributed by atoms with E-state index in [-0.39, 0.29) is 6.09 Å². The van der Waals surface area contributed by atoms with E-state index in [9.17, 15) is 9.70 Å². The molecule has 0 radical (unpaired) electrons. The molecule has 1 saturated heterocycles. The van der Waals surface area contributed by atoms with Gasteiger partial charge in [0.05, 0.1) is 5.29 Å². The number of nitrogens with one attached hydrogen (secondary N) is 1. The third kappa shape index (κ3) is 5.51. The van der Waals surface area contributed by atoms with Gasteiger partial charge in [0, 0.05) is 19.6 Å². The summed E-state index contributed by atoms with van der Waals surface area (Å²) in [5, 5.41) is 7.17. The summed E-state index contributed by atoms with van der Waals surface area (Å²) in [6, 6.07) is 0. The van der Waals surface area contributed by atoms with Gasteiger partial charge in [0.15, 0.2) is 0 Å². The number of nitroso groups, excluding NO2 is 1. The van der Waals surface area contributed by atoms with Crippen LogP contribution in [0.25, 0.3) is 0 Å². The number of hydrogen-bond donors (Lipinski definition) is 1. The second-order valence-electron chi connectivity index (χ2n) is 5.36. The lowest BCUT2D eigenvalue weighted by atomic mass is 9.98. The first-order chi connectivity index (χ1) is 7.90. The second-order valence-corrected chi connectivity index (χ2v) is 5.36. The monoisotopic (exact) mass is 243 g/mol. The summed E-state index contributed by atoms with van der Waals surface area (Å²) in [5.74, 6) is 0.403. The quantitative estimate of drug-likeness (QED) is 0.768. The molecule has 98 valence electrons. The Balaban J connectivity index is 2.19. The largest absolute Gasteiger partial charge is 0.444 e. The zero-order valence-corrected chi connectivity index (χ0v) is 10.7. The summed E-state index contributed by atoms with van der Waals surface area (Å²) in [4.78, 5) is 21.7. The van der Waals surface area contributed by atoms with Crippen molar-refractivity contribution in [2.75, 3.05) is 19.6 Å². The van der Waals surface area contributed by atoms with Crippen molar-refractivity contribution < 1.29 is 9.53 Å². The van der Waals surface area contributed by atoms with Crippen molar-refractivity contribution >= 4 is 6.09 Å². The highest BCUT2D eigenvalue weighted by atomic mass is 16.6. The van der Waals surface area contributed by atoms with Gasteiger partial charge in [0.2, 0.25) is 0 Å². The fraction of sp³-hybridized carbons (Fsp3) is 0.909. The van der Waals surface area contributed by atoms with Crippen molar-refractivity contribution in [3.63, 3.8) is 0 Å². The molecule has 0 aliphatic carbocycles. The molecule has 0 aromatic rings. The molecule has 1 amide bonds. The predicted molar refractivity (Wildman–Crippen MR) is 64.3 cm³/mol. The summed E-state index contributed by atoms with van der Waals surface area (Å²) in [6.07, 6.45) is 1.37. The van der Waals surface area contributed by atoms with E-state index in [0.717, 1.165) is 12.8 Å². The lowest BCUT2D eigenvalue weighted by molar-refractivity contribution is 0.0510. The number of piperidine rings is 1. The molecule has 1 rings (SSSR count). The molecular formula is C11H21N3O3. The van der Waals surface area contributed by atoms with E-state index in [1.807, 2.05) is 20.8 Å². The Morgan fingerprint density at radius 3 is 2.47 bits per heavy atom. The number of rotatable bonds is 3. The summed E-state index contributed by atoms with van der Waals surface area (Å²) in [7, 11) is 0. The second kappa shape index (κ2) is 5.84. The average molecular weight is 243 g/mol. The summed E-state index contributed by atoms with van der Waals surface area (Å²) in [5.41, 5.74) is -0.463. The summed E-state index contributed by atoms with van der Waals surface area (Å²) >= 11 is 0. The van der Waals surface area contributed by atoms with Crippen LogP contribution >= 0.6 is 0 Å². The maximum atomic E-state index is 11.4. The van der Waals surface area contributed by atoms with Gasteiger partial charge in [0.25, 0.3) is 0 Å². The van der Waals surface area contributed by atoms with Crippen molar-refractivity contribution in [3.05, 3.63) is 4.91 Å². The number of carbonyl (C=O) groups is 1. The number of amides is 1. The molecule has 0 saturated carbocycles. The van der Waals surface area contributed by atoms with Crippen LogP contribution in [0.5, 0.6) is 0 Å². The SMILES string of the molecule is CC(C)(C)OC(=O)NCC1CCN(N=O)CC1. The Morgan fingerprint density at radius 2 is 2.00 bits per heavy atom. The fourth-order valence-electron chi connectivity index (χ4n) is 1.75. The minimum atomic E-state index is -0.463. The van der Waals surface area contributed by atoms with E-state index in [2.05, 4.69) is 10.6 Å². The smallest absolute Gasteiger partial charge is 0.407 e. The van der Waals surface area contributed by atoms with E-state index >= 15 is 0 Å². The zero-order chi connectivity index (χ0) is 12.9. The molecule has 6 nitrogen and oxygen atoms in total. The van der Waals surface area contributed by atoms with Crippen molar-refractivity contribution in [3.8, 4) is 0 Å². The zero-order valence-electron chi connectivity index (χ0n) is 10.7. The third-order valence-electron chi connectivity index (χ3n) is 2.64. The van der Waals surface area contributed by atoms with Crippen LogP contribution in [0.15, 0.2) is 5.29 Å². The fourth-order valence-corrected chi connectivity index (χ4v) is 1.75. The van der Waals surface area contributed by atoms with Gasteiger partial charge in [0.1, 0.15) is 5.60 Å². The van der Waals surface area contributed by atoms with Gasteiger partial charge in [-0.05, 0) is 39.5 Å². The minimum Gasteiger partial charge on any atom is -0.444 e. The van der Waals surface area contributed by atoms with E-state index in [0.29, 0.717) is 25.6 Å². The first-order valence-electron chi connectivity index (χ1n) is 5.96. The number of carbonyl (C=O) groups excluding carboxylic acids is 1. The molecule has 0 spiro atoms. The predicted octanol–water partition coefficient (Wildman–Crippen LogP) is 1.90. The molecule has 1 aliphatic rings. The summed E-state index contributed by atoms with van der Waals surface area (Å²) in [6.45, 7) is 7.44. The molecule has 0 aromatic heterocycles. The number of hydrogen-bond acceptors (Lipinski definition) is 4. The highest BCUT2D eigenvalue weighted by Crippen LogP contribution is 2.16. The third-order valence-corrected chi connectivity index (χ3v) is 2.64. The first kappa shape index (κ1) is 13.7. The van der Waals surface area contributed by atoms with Crippen LogP contribution in [-0.4, -0.2) is 36.3 Å². The van der Waals surface area contributed by atoms with Crippen LogP contribution in [0.4, 0.5) is 4.79 Å². The molecule has 0 unspecified atom stereocenters. The molecule has 0 aromatic carbocycles. The standard InChI is InChI=1S/C11H21N3O3/c1-11(2,3)17-10(15)12-8-9-4-6-14(13-16)7-5-9/h9H,4-8H2,1-3H3,(H,12,15). The Kier molecular flexibility index (Phi) is 4.72. The van der Waals surface area contributed by atoms with Gasteiger partial charge in [-0.1, -0.05) is 0 Å². The van der Waals surface area contributed by atoms with Crippen LogP contribution in [0, 0.1) is 10.8 Å². The van der Waals surface area contributed by atoms with Gasteiger partial charge in [-0.3, -0.25) is 5.01 Å². The lowest BCUT2D eigenvalue weighted by Crippen LogP contribution is -2.38. The number of alkyl carbamates (subject to hydrolysis) is 1. The van der Waals surface area contributed by atoms with Crippen LogP contribution in [0.2, 0.25) is 0 Å². The van der Waals surface area contributed by atoms with E-state index in [4.69, 9.17) is 4.74 Å². The van der Waals surface area contributed by atoms with Gasteiger partial charge in [-0.15, -0.1) is 4.91 Å². The molecule has 17 heavy (non-hydrogen) atoms. The van der Waals surface area contributed by atoms with Crippen LogP contribution in [0.1, 0.15) is 33.6 Å². The molecule has 0 bridgehead atoms. The Morgan fingerprint density at radius 1 is 1.41 bits per heavy atom. The molecular weight excluding hydrogens is 222 g/mol. The number of ether oxygens (including phenoxy) is 1. The highest BCUT2D eigenvalue weighted by Gasteiger charge is 2.21. The topological polar surface area (TPSA) is 71.0 Å². The van der Waals surface area contributed by atoms with Crippen molar-refractivity contribution in [2.45, 2.75) is 39.2 Å². The van der Waals surface area contributed by atoms with Gasteiger partial charge < -0.3 is 10.1 Å². The van der Waals surface area contributed by atoms with Crippen molar-refractivity contribution in [2.24, 2.45) is 11.2 Å². The minimum absolute atomic E-state index is 0.381. The normalized spacial score (nSPS) is 17.7. The molecule has 1 heterocycles. The van der Waals surface area contributed by atoms with Crippen molar-refractivity contribution in [1.29, 1.82) is 0 Å². The molecule has 6 heteroatoms.